The second kappa shape index (κ2) is 4.64. The van der Waals surface area contributed by atoms with Crippen LogP contribution in [0.15, 0.2) is 12.7 Å². The van der Waals surface area contributed by atoms with Crippen molar-refractivity contribution in [1.82, 2.24) is 9.97 Å². The molecule has 16 heavy (non-hydrogen) atoms. The van der Waals surface area contributed by atoms with Gasteiger partial charge in [-0.25, -0.2) is 9.97 Å². The van der Waals surface area contributed by atoms with Gasteiger partial charge in [0.2, 0.25) is 0 Å². The average Bonchev–Trinajstić information content (AvgIpc) is 2.16. The minimum Gasteiger partial charge on any atom is -0.493 e. The first-order valence-corrected chi connectivity index (χ1v) is 5.43. The lowest BCUT2D eigenvalue weighted by molar-refractivity contribution is 0.384. The van der Waals surface area contributed by atoms with Crippen LogP contribution in [0.25, 0.3) is 0 Å². The van der Waals surface area contributed by atoms with Crippen molar-refractivity contribution < 1.29 is 4.74 Å². The summed E-state index contributed by atoms with van der Waals surface area (Å²) in [4.78, 5) is 8.96. The van der Waals surface area contributed by atoms with Crippen LogP contribution in [0, 0.1) is 6.92 Å². The van der Waals surface area contributed by atoms with Crippen LogP contribution in [-0.2, 0) is 11.8 Å². The Morgan fingerprint density at radius 2 is 1.94 bits per heavy atom. The largest absolute Gasteiger partial charge is 0.493 e. The summed E-state index contributed by atoms with van der Waals surface area (Å²) in [6.45, 7) is 12.0. The Morgan fingerprint density at radius 3 is 2.38 bits per heavy atom. The van der Waals surface area contributed by atoms with Crippen LogP contribution in [0.1, 0.15) is 38.0 Å². The highest BCUT2D eigenvalue weighted by Gasteiger charge is 2.23. The maximum Gasteiger partial charge on any atom is 0.162 e. The van der Waals surface area contributed by atoms with E-state index in [1.54, 1.807) is 7.11 Å². The molecule has 0 unspecified atom stereocenters. The Kier molecular flexibility index (Phi) is 3.68. The molecule has 1 rings (SSSR count). The molecule has 3 heteroatoms. The van der Waals surface area contributed by atoms with E-state index in [0.717, 1.165) is 23.0 Å². The zero-order chi connectivity index (χ0) is 12.3. The summed E-state index contributed by atoms with van der Waals surface area (Å²) >= 11 is 0. The summed E-state index contributed by atoms with van der Waals surface area (Å²) in [5, 5.41) is 0. The molecule has 0 radical (unpaired) electrons. The molecule has 0 aliphatic rings. The molecule has 0 atom stereocenters. The van der Waals surface area contributed by atoms with Crippen LogP contribution in [0.2, 0.25) is 0 Å². The first-order chi connectivity index (χ1) is 7.40. The minimum absolute atomic E-state index is 0.0467. The third-order valence-electron chi connectivity index (χ3n) is 2.32. The van der Waals surface area contributed by atoms with E-state index in [9.17, 15) is 0 Å². The van der Waals surface area contributed by atoms with Gasteiger partial charge in [0, 0.05) is 11.8 Å². The summed E-state index contributed by atoms with van der Waals surface area (Å²) in [5.41, 5.74) is 1.80. The van der Waals surface area contributed by atoms with Crippen molar-refractivity contribution in [3.8, 4) is 5.75 Å². The van der Waals surface area contributed by atoms with Crippen molar-refractivity contribution in [2.45, 2.75) is 39.5 Å². The predicted molar refractivity (Wildman–Crippen MR) is 65.9 cm³/mol. The lowest BCUT2D eigenvalue weighted by Crippen LogP contribution is -2.18. The number of methoxy groups -OCH3 is 1. The van der Waals surface area contributed by atoms with E-state index in [-0.39, 0.29) is 5.41 Å². The summed E-state index contributed by atoms with van der Waals surface area (Å²) < 4.78 is 5.38. The van der Waals surface area contributed by atoms with Crippen molar-refractivity contribution in [3.05, 3.63) is 29.9 Å². The zero-order valence-electron chi connectivity index (χ0n) is 10.8. The van der Waals surface area contributed by atoms with Gasteiger partial charge in [0.15, 0.2) is 5.75 Å². The van der Waals surface area contributed by atoms with Crippen molar-refractivity contribution in [2.75, 3.05) is 7.11 Å². The average molecular weight is 220 g/mol. The minimum atomic E-state index is -0.0467. The molecule has 1 aromatic rings. The molecule has 0 saturated heterocycles. The Bertz CT molecular complexity index is 392. The summed E-state index contributed by atoms with van der Waals surface area (Å²) in [5.74, 6) is 1.60. The second-order valence-corrected chi connectivity index (χ2v) is 4.85. The maximum absolute atomic E-state index is 5.38. The van der Waals surface area contributed by atoms with Crippen molar-refractivity contribution >= 4 is 0 Å². The number of nitrogens with zero attached hydrogens (tertiary/aromatic N) is 2. The maximum atomic E-state index is 5.38. The van der Waals surface area contributed by atoms with Crippen LogP contribution in [0.4, 0.5) is 0 Å². The molecular formula is C13H20N2O. The van der Waals surface area contributed by atoms with E-state index in [2.05, 4.69) is 37.3 Å². The Balaban J connectivity index is 3.36. The molecular weight excluding hydrogens is 200 g/mol. The second-order valence-electron chi connectivity index (χ2n) is 4.85. The van der Waals surface area contributed by atoms with E-state index >= 15 is 0 Å². The number of allylic oxidation sites excluding steroid dienone is 1. The molecule has 3 nitrogen and oxygen atoms in total. The number of aromatic nitrogens is 2. The molecule has 88 valence electrons. The van der Waals surface area contributed by atoms with Crippen molar-refractivity contribution in [2.24, 2.45) is 0 Å². The summed E-state index contributed by atoms with van der Waals surface area (Å²) in [7, 11) is 1.66. The molecule has 0 aliphatic carbocycles. The van der Waals surface area contributed by atoms with Gasteiger partial charge in [-0.15, -0.1) is 6.58 Å². The molecule has 1 heterocycles. The molecule has 0 aromatic carbocycles. The van der Waals surface area contributed by atoms with Gasteiger partial charge in [-0.2, -0.15) is 0 Å². The summed E-state index contributed by atoms with van der Waals surface area (Å²) in [6.07, 6.45) is 2.50. The third kappa shape index (κ3) is 2.60. The van der Waals surface area contributed by atoms with Gasteiger partial charge in [-0.3, -0.25) is 0 Å². The van der Waals surface area contributed by atoms with Crippen LogP contribution in [0.5, 0.6) is 5.75 Å². The number of ether oxygens (including phenoxy) is 1. The highest BCUT2D eigenvalue weighted by Crippen LogP contribution is 2.31. The third-order valence-corrected chi connectivity index (χ3v) is 2.32. The van der Waals surface area contributed by atoms with Gasteiger partial charge in [0.1, 0.15) is 5.82 Å². The first kappa shape index (κ1) is 12.7. The quantitative estimate of drug-likeness (QED) is 0.735. The highest BCUT2D eigenvalue weighted by atomic mass is 16.5. The fourth-order valence-electron chi connectivity index (χ4n) is 1.59. The number of hydrogen-bond acceptors (Lipinski definition) is 3. The van der Waals surface area contributed by atoms with E-state index in [1.807, 2.05) is 13.0 Å². The normalized spacial score (nSPS) is 11.3. The van der Waals surface area contributed by atoms with Gasteiger partial charge in [0.25, 0.3) is 0 Å². The highest BCUT2D eigenvalue weighted by molar-refractivity contribution is 5.36. The predicted octanol–water partition coefficient (Wildman–Crippen LogP) is 2.82. The van der Waals surface area contributed by atoms with Gasteiger partial charge < -0.3 is 4.74 Å². The van der Waals surface area contributed by atoms with E-state index < -0.39 is 0 Å². The lowest BCUT2D eigenvalue weighted by atomic mass is 9.90. The zero-order valence-corrected chi connectivity index (χ0v) is 10.8. The first-order valence-electron chi connectivity index (χ1n) is 5.43. The van der Waals surface area contributed by atoms with Gasteiger partial charge in [-0.1, -0.05) is 26.8 Å². The van der Waals surface area contributed by atoms with Crippen LogP contribution < -0.4 is 4.74 Å². The standard InChI is InChI=1S/C13H20N2O/c1-7-8-10-14-9(2)11(16-6)12(15-10)13(3,4)5/h7H,1,8H2,2-6H3. The number of rotatable bonds is 3. The Labute approximate surface area is 97.6 Å². The smallest absolute Gasteiger partial charge is 0.162 e. The van der Waals surface area contributed by atoms with Crippen LogP contribution in [0.3, 0.4) is 0 Å². The Hall–Kier alpha value is -1.38. The molecule has 1 aromatic heterocycles. The van der Waals surface area contributed by atoms with Gasteiger partial charge >= 0.3 is 0 Å². The summed E-state index contributed by atoms with van der Waals surface area (Å²) in [6, 6.07) is 0. The fraction of sp³-hybridized carbons (Fsp3) is 0.538. The van der Waals surface area contributed by atoms with Crippen molar-refractivity contribution in [3.63, 3.8) is 0 Å². The van der Waals surface area contributed by atoms with Gasteiger partial charge in [-0.05, 0) is 6.92 Å². The fourth-order valence-corrected chi connectivity index (χ4v) is 1.59. The lowest BCUT2D eigenvalue weighted by Gasteiger charge is -2.22. The number of hydrogen-bond donors (Lipinski definition) is 0. The van der Waals surface area contributed by atoms with Crippen molar-refractivity contribution in [1.29, 1.82) is 0 Å². The van der Waals surface area contributed by atoms with Gasteiger partial charge in [0.05, 0.1) is 18.5 Å². The molecule has 0 amide bonds. The van der Waals surface area contributed by atoms with E-state index in [4.69, 9.17) is 4.74 Å². The van der Waals surface area contributed by atoms with Crippen LogP contribution >= 0.6 is 0 Å². The SMILES string of the molecule is C=CCc1nc(C)c(OC)c(C(C)(C)C)n1. The monoisotopic (exact) mass is 220 g/mol. The molecule has 0 spiro atoms. The Morgan fingerprint density at radius 1 is 1.31 bits per heavy atom. The molecule has 0 fully saturated rings. The molecule has 0 saturated carbocycles. The van der Waals surface area contributed by atoms with Crippen LogP contribution in [-0.4, -0.2) is 17.1 Å². The molecule has 0 bridgehead atoms. The van der Waals surface area contributed by atoms with E-state index in [0.29, 0.717) is 6.42 Å². The number of aryl methyl sites for hydroxylation is 1. The topological polar surface area (TPSA) is 35.0 Å². The van der Waals surface area contributed by atoms with E-state index in [1.165, 1.54) is 0 Å². The molecule has 0 N–H and O–H groups in total. The molecule has 0 aliphatic heterocycles.